The molecule has 20 heavy (non-hydrogen) atoms. The van der Waals surface area contributed by atoms with E-state index in [9.17, 15) is 4.79 Å². The Kier molecular flexibility index (Phi) is 3.97. The minimum atomic E-state index is -0.236. The van der Waals surface area contributed by atoms with Gasteiger partial charge in [0.1, 0.15) is 6.10 Å². The van der Waals surface area contributed by atoms with E-state index in [1.54, 1.807) is 0 Å². The Morgan fingerprint density at radius 3 is 3.20 bits per heavy atom. The first-order valence-electron chi connectivity index (χ1n) is 7.14. The van der Waals surface area contributed by atoms with Crippen molar-refractivity contribution in [3.05, 3.63) is 30.5 Å². The lowest BCUT2D eigenvalue weighted by Crippen LogP contribution is -2.35. The predicted octanol–water partition coefficient (Wildman–Crippen LogP) is 1.72. The fourth-order valence-electron chi connectivity index (χ4n) is 2.54. The Morgan fingerprint density at radius 2 is 2.35 bits per heavy atom. The van der Waals surface area contributed by atoms with Crippen molar-refractivity contribution < 1.29 is 9.53 Å². The Balaban J connectivity index is 1.47. The second kappa shape index (κ2) is 6.05. The van der Waals surface area contributed by atoms with Gasteiger partial charge in [0.05, 0.1) is 11.7 Å². The van der Waals surface area contributed by atoms with E-state index < -0.39 is 0 Å². The average Bonchev–Trinajstić information content (AvgIpc) is 3.13. The number of aromatic nitrogens is 2. The number of nitrogens with zero attached hydrogens (tertiary/aromatic N) is 2. The number of hydrogen-bond acceptors (Lipinski definition) is 3. The summed E-state index contributed by atoms with van der Waals surface area (Å²) in [7, 11) is 0. The number of nitrogens with one attached hydrogen (secondary N) is 1. The van der Waals surface area contributed by atoms with E-state index >= 15 is 0 Å². The molecule has 5 nitrogen and oxygen atoms in total. The van der Waals surface area contributed by atoms with Crippen molar-refractivity contribution >= 4 is 16.8 Å². The van der Waals surface area contributed by atoms with Gasteiger partial charge < -0.3 is 10.1 Å². The summed E-state index contributed by atoms with van der Waals surface area (Å²) in [6, 6.07) is 8.14. The van der Waals surface area contributed by atoms with Crippen molar-refractivity contribution in [1.82, 2.24) is 15.1 Å². The molecule has 1 saturated heterocycles. The van der Waals surface area contributed by atoms with Crippen LogP contribution >= 0.6 is 0 Å². The maximum Gasteiger partial charge on any atom is 0.249 e. The van der Waals surface area contributed by atoms with Gasteiger partial charge in [-0.15, -0.1) is 0 Å². The highest BCUT2D eigenvalue weighted by Gasteiger charge is 2.22. The molecule has 1 N–H and O–H groups in total. The molecule has 0 saturated carbocycles. The van der Waals surface area contributed by atoms with Crippen molar-refractivity contribution in [2.45, 2.75) is 31.9 Å². The molecular weight excluding hydrogens is 254 g/mol. The molecule has 1 amide bonds. The third kappa shape index (κ3) is 2.82. The fourth-order valence-corrected chi connectivity index (χ4v) is 2.54. The zero-order chi connectivity index (χ0) is 13.8. The maximum atomic E-state index is 11.8. The van der Waals surface area contributed by atoms with E-state index in [4.69, 9.17) is 4.74 Å². The van der Waals surface area contributed by atoms with Gasteiger partial charge in [0.15, 0.2) is 0 Å². The quantitative estimate of drug-likeness (QED) is 0.844. The van der Waals surface area contributed by atoms with Crippen LogP contribution in [0.5, 0.6) is 0 Å². The van der Waals surface area contributed by atoms with E-state index in [-0.39, 0.29) is 12.0 Å². The predicted molar refractivity (Wildman–Crippen MR) is 76.3 cm³/mol. The summed E-state index contributed by atoms with van der Waals surface area (Å²) in [5, 5.41) is 8.45. The summed E-state index contributed by atoms with van der Waals surface area (Å²) in [4.78, 5) is 11.8. The summed E-state index contributed by atoms with van der Waals surface area (Å²) in [6.07, 6.45) is 4.33. The van der Waals surface area contributed by atoms with Crippen molar-refractivity contribution in [2.24, 2.45) is 0 Å². The number of benzene rings is 1. The van der Waals surface area contributed by atoms with Gasteiger partial charge in [0.2, 0.25) is 5.91 Å². The summed E-state index contributed by atoms with van der Waals surface area (Å²) in [5.74, 6) is 0.0211. The van der Waals surface area contributed by atoms with E-state index in [0.29, 0.717) is 13.2 Å². The van der Waals surface area contributed by atoms with Gasteiger partial charge in [-0.2, -0.15) is 5.10 Å². The van der Waals surface area contributed by atoms with Crippen LogP contribution in [0.1, 0.15) is 19.3 Å². The minimum Gasteiger partial charge on any atom is -0.368 e. The van der Waals surface area contributed by atoms with Crippen LogP contribution in [0.25, 0.3) is 10.9 Å². The number of rotatable bonds is 5. The normalized spacial score (nSPS) is 18.5. The SMILES string of the molecule is O=C(NCCCn1ncc2ccccc21)[C@@H]1CCCO1. The van der Waals surface area contributed by atoms with Crippen LogP contribution in [0.3, 0.4) is 0 Å². The van der Waals surface area contributed by atoms with E-state index in [0.717, 1.165) is 36.7 Å². The highest BCUT2D eigenvalue weighted by atomic mass is 16.5. The highest BCUT2D eigenvalue weighted by Crippen LogP contribution is 2.13. The van der Waals surface area contributed by atoms with Crippen LogP contribution in [0.4, 0.5) is 0 Å². The van der Waals surface area contributed by atoms with Crippen molar-refractivity contribution in [1.29, 1.82) is 0 Å². The number of aryl methyl sites for hydroxylation is 1. The lowest BCUT2D eigenvalue weighted by Gasteiger charge is -2.10. The zero-order valence-electron chi connectivity index (χ0n) is 11.4. The van der Waals surface area contributed by atoms with Gasteiger partial charge in [-0.25, -0.2) is 0 Å². The third-order valence-corrected chi connectivity index (χ3v) is 3.62. The topological polar surface area (TPSA) is 56.2 Å². The van der Waals surface area contributed by atoms with E-state index in [1.165, 1.54) is 0 Å². The number of ether oxygens (including phenoxy) is 1. The molecule has 0 aliphatic carbocycles. The van der Waals surface area contributed by atoms with Gasteiger partial charge in [-0.1, -0.05) is 18.2 Å². The molecule has 0 spiro atoms. The Bertz CT molecular complexity index is 588. The summed E-state index contributed by atoms with van der Waals surface area (Å²) < 4.78 is 7.33. The largest absolute Gasteiger partial charge is 0.368 e. The number of amides is 1. The molecule has 2 aromatic rings. The van der Waals surface area contributed by atoms with Gasteiger partial charge in [-0.05, 0) is 25.3 Å². The van der Waals surface area contributed by atoms with E-state index in [2.05, 4.69) is 22.5 Å². The number of carbonyl (C=O) groups is 1. The fraction of sp³-hybridized carbons (Fsp3) is 0.467. The molecule has 106 valence electrons. The number of carbonyl (C=O) groups excluding carboxylic acids is 1. The van der Waals surface area contributed by atoms with Crippen LogP contribution in [0, 0.1) is 0 Å². The smallest absolute Gasteiger partial charge is 0.249 e. The molecular formula is C15H19N3O2. The zero-order valence-corrected chi connectivity index (χ0v) is 11.4. The molecule has 1 aliphatic heterocycles. The number of fused-ring (bicyclic) bond motifs is 1. The third-order valence-electron chi connectivity index (χ3n) is 3.62. The first kappa shape index (κ1) is 13.1. The number of hydrogen-bond donors (Lipinski definition) is 1. The lowest BCUT2D eigenvalue weighted by molar-refractivity contribution is -0.130. The molecule has 1 fully saturated rings. The number of para-hydroxylation sites is 1. The maximum absolute atomic E-state index is 11.8. The molecule has 0 unspecified atom stereocenters. The van der Waals surface area contributed by atoms with Crippen LogP contribution in [0.15, 0.2) is 30.5 Å². The molecule has 1 aliphatic rings. The summed E-state index contributed by atoms with van der Waals surface area (Å²) >= 11 is 0. The van der Waals surface area contributed by atoms with Gasteiger partial charge in [0, 0.05) is 25.1 Å². The van der Waals surface area contributed by atoms with Gasteiger partial charge >= 0.3 is 0 Å². The first-order valence-corrected chi connectivity index (χ1v) is 7.14. The second-order valence-electron chi connectivity index (χ2n) is 5.07. The van der Waals surface area contributed by atoms with Crippen LogP contribution in [-0.2, 0) is 16.1 Å². The molecule has 1 aromatic heterocycles. The Morgan fingerprint density at radius 1 is 1.45 bits per heavy atom. The lowest BCUT2D eigenvalue weighted by atomic mass is 10.2. The van der Waals surface area contributed by atoms with Crippen molar-refractivity contribution in [3.8, 4) is 0 Å². The van der Waals surface area contributed by atoms with Crippen LogP contribution in [0.2, 0.25) is 0 Å². The van der Waals surface area contributed by atoms with Crippen LogP contribution < -0.4 is 5.32 Å². The molecule has 0 bridgehead atoms. The minimum absolute atomic E-state index is 0.0211. The molecule has 1 atom stereocenters. The van der Waals surface area contributed by atoms with Crippen LogP contribution in [-0.4, -0.2) is 34.9 Å². The molecule has 5 heteroatoms. The molecule has 3 rings (SSSR count). The highest BCUT2D eigenvalue weighted by molar-refractivity contribution is 5.81. The second-order valence-corrected chi connectivity index (χ2v) is 5.07. The molecule has 1 aromatic carbocycles. The molecule has 0 radical (unpaired) electrons. The van der Waals surface area contributed by atoms with Gasteiger partial charge in [0.25, 0.3) is 0 Å². The van der Waals surface area contributed by atoms with Crippen molar-refractivity contribution in [2.75, 3.05) is 13.2 Å². The monoisotopic (exact) mass is 273 g/mol. The van der Waals surface area contributed by atoms with Crippen molar-refractivity contribution in [3.63, 3.8) is 0 Å². The molecule has 2 heterocycles. The standard InChI is InChI=1S/C15H19N3O2/c19-15(14-7-3-10-20-14)16-8-4-9-18-13-6-2-1-5-12(13)11-17-18/h1-2,5-6,11,14H,3-4,7-10H2,(H,16,19)/t14-/m0/s1. The Labute approximate surface area is 117 Å². The average molecular weight is 273 g/mol. The summed E-state index contributed by atoms with van der Waals surface area (Å²) in [5.41, 5.74) is 1.14. The first-order chi connectivity index (χ1) is 9.84. The van der Waals surface area contributed by atoms with E-state index in [1.807, 2.05) is 23.0 Å². The summed E-state index contributed by atoms with van der Waals surface area (Å²) in [6.45, 7) is 2.17. The van der Waals surface area contributed by atoms with Gasteiger partial charge in [-0.3, -0.25) is 9.48 Å². The Hall–Kier alpha value is -1.88.